The fourth-order valence-corrected chi connectivity index (χ4v) is 2.20. The predicted octanol–water partition coefficient (Wildman–Crippen LogP) is 0.898. The normalized spacial score (nSPS) is 25.6. The molecule has 1 heterocycles. The Morgan fingerprint density at radius 3 is 2.71 bits per heavy atom. The summed E-state index contributed by atoms with van der Waals surface area (Å²) >= 11 is 0. The van der Waals surface area contributed by atoms with E-state index >= 15 is 0 Å². The van der Waals surface area contributed by atoms with Crippen LogP contribution in [-0.2, 0) is 4.79 Å². The number of amides is 1. The van der Waals surface area contributed by atoms with Crippen LogP contribution in [0.5, 0.6) is 0 Å². The highest BCUT2D eigenvalue weighted by molar-refractivity contribution is 5.82. The predicted molar refractivity (Wildman–Crippen MR) is 68.7 cm³/mol. The molecule has 2 atom stereocenters. The van der Waals surface area contributed by atoms with Gasteiger partial charge in [-0.3, -0.25) is 4.79 Å². The van der Waals surface area contributed by atoms with Gasteiger partial charge in [-0.05, 0) is 30.7 Å². The lowest BCUT2D eigenvalue weighted by Gasteiger charge is -2.38. The number of aliphatic hydroxyl groups excluding tert-OH is 1. The van der Waals surface area contributed by atoms with Crippen molar-refractivity contribution in [2.24, 2.45) is 11.3 Å². The monoisotopic (exact) mass is 242 g/mol. The van der Waals surface area contributed by atoms with Crippen LogP contribution >= 0.6 is 0 Å². The molecule has 17 heavy (non-hydrogen) atoms. The van der Waals surface area contributed by atoms with Gasteiger partial charge in [0, 0.05) is 6.54 Å². The maximum absolute atomic E-state index is 12.1. The fraction of sp³-hybridized carbons (Fsp3) is 0.923. The molecule has 2 unspecified atom stereocenters. The largest absolute Gasteiger partial charge is 0.391 e. The molecule has 0 saturated carbocycles. The summed E-state index contributed by atoms with van der Waals surface area (Å²) in [4.78, 5) is 12.1. The third kappa shape index (κ3) is 3.96. The van der Waals surface area contributed by atoms with Gasteiger partial charge in [0.1, 0.15) is 0 Å². The first kappa shape index (κ1) is 14.5. The fourth-order valence-electron chi connectivity index (χ4n) is 2.20. The van der Waals surface area contributed by atoms with Crippen molar-refractivity contribution in [3.8, 4) is 0 Å². The SMILES string of the molecule is CC(C)C(O)CNC(=O)C1NCCCC1(C)C. The van der Waals surface area contributed by atoms with Crippen LogP contribution in [0.4, 0.5) is 0 Å². The minimum absolute atomic E-state index is 0.00870. The van der Waals surface area contributed by atoms with E-state index in [4.69, 9.17) is 0 Å². The third-order valence-electron chi connectivity index (χ3n) is 3.64. The van der Waals surface area contributed by atoms with Crippen LogP contribution in [0.25, 0.3) is 0 Å². The number of rotatable bonds is 4. The summed E-state index contributed by atoms with van der Waals surface area (Å²) in [5, 5.41) is 15.8. The summed E-state index contributed by atoms with van der Waals surface area (Å²) in [6.07, 6.45) is 1.71. The zero-order chi connectivity index (χ0) is 13.1. The lowest BCUT2D eigenvalue weighted by molar-refractivity contribution is -0.127. The van der Waals surface area contributed by atoms with E-state index in [-0.39, 0.29) is 23.3 Å². The van der Waals surface area contributed by atoms with Gasteiger partial charge in [-0.1, -0.05) is 27.7 Å². The Balaban J connectivity index is 2.46. The second kappa shape index (κ2) is 5.83. The maximum Gasteiger partial charge on any atom is 0.237 e. The highest BCUT2D eigenvalue weighted by atomic mass is 16.3. The minimum atomic E-state index is -0.467. The summed E-state index contributed by atoms with van der Waals surface area (Å²) < 4.78 is 0. The van der Waals surface area contributed by atoms with Crippen molar-refractivity contribution in [1.82, 2.24) is 10.6 Å². The van der Waals surface area contributed by atoms with Gasteiger partial charge in [0.15, 0.2) is 0 Å². The van der Waals surface area contributed by atoms with Gasteiger partial charge in [0.05, 0.1) is 12.1 Å². The first-order valence-corrected chi connectivity index (χ1v) is 6.54. The standard InChI is InChI=1S/C13H26N2O2/c1-9(2)10(16)8-15-12(17)11-13(3,4)6-5-7-14-11/h9-11,14,16H,5-8H2,1-4H3,(H,15,17). The molecule has 1 saturated heterocycles. The lowest BCUT2D eigenvalue weighted by atomic mass is 9.77. The Morgan fingerprint density at radius 2 is 2.18 bits per heavy atom. The zero-order valence-electron chi connectivity index (χ0n) is 11.4. The van der Waals surface area contributed by atoms with E-state index in [1.807, 2.05) is 13.8 Å². The van der Waals surface area contributed by atoms with Crippen molar-refractivity contribution in [3.63, 3.8) is 0 Å². The molecule has 0 radical (unpaired) electrons. The third-order valence-corrected chi connectivity index (χ3v) is 3.64. The molecule has 0 aromatic rings. The van der Waals surface area contributed by atoms with E-state index in [0.29, 0.717) is 6.54 Å². The topological polar surface area (TPSA) is 61.4 Å². The molecule has 1 fully saturated rings. The van der Waals surface area contributed by atoms with E-state index in [9.17, 15) is 9.90 Å². The molecule has 4 nitrogen and oxygen atoms in total. The van der Waals surface area contributed by atoms with Crippen LogP contribution in [0.1, 0.15) is 40.5 Å². The highest BCUT2D eigenvalue weighted by Crippen LogP contribution is 2.30. The Kier molecular flexibility index (Phi) is 4.95. The molecule has 3 N–H and O–H groups in total. The molecule has 1 amide bonds. The molecule has 0 aromatic carbocycles. The number of piperidine rings is 1. The van der Waals surface area contributed by atoms with E-state index in [2.05, 4.69) is 24.5 Å². The van der Waals surface area contributed by atoms with E-state index in [0.717, 1.165) is 19.4 Å². The van der Waals surface area contributed by atoms with Crippen molar-refractivity contribution in [2.75, 3.05) is 13.1 Å². The van der Waals surface area contributed by atoms with Gasteiger partial charge in [-0.2, -0.15) is 0 Å². The first-order valence-electron chi connectivity index (χ1n) is 6.54. The average molecular weight is 242 g/mol. The Bertz CT molecular complexity index is 264. The first-order chi connectivity index (χ1) is 7.84. The Morgan fingerprint density at radius 1 is 1.53 bits per heavy atom. The molecule has 0 spiro atoms. The molecular weight excluding hydrogens is 216 g/mol. The van der Waals surface area contributed by atoms with Crippen LogP contribution in [0.2, 0.25) is 0 Å². The van der Waals surface area contributed by atoms with Crippen LogP contribution in [0.15, 0.2) is 0 Å². The summed E-state index contributed by atoms with van der Waals surface area (Å²) in [6, 6.07) is -0.143. The molecule has 0 bridgehead atoms. The van der Waals surface area contributed by atoms with E-state index < -0.39 is 6.10 Å². The Labute approximate surface area is 104 Å². The van der Waals surface area contributed by atoms with Crippen LogP contribution in [0.3, 0.4) is 0 Å². The number of carbonyl (C=O) groups is 1. The molecule has 0 aromatic heterocycles. The number of carbonyl (C=O) groups excluding carboxylic acids is 1. The van der Waals surface area contributed by atoms with Gasteiger partial charge in [0.25, 0.3) is 0 Å². The molecule has 100 valence electrons. The zero-order valence-corrected chi connectivity index (χ0v) is 11.4. The quantitative estimate of drug-likeness (QED) is 0.686. The lowest BCUT2D eigenvalue weighted by Crippen LogP contribution is -2.56. The van der Waals surface area contributed by atoms with Crippen molar-refractivity contribution in [3.05, 3.63) is 0 Å². The van der Waals surface area contributed by atoms with Crippen LogP contribution < -0.4 is 10.6 Å². The number of hydrogen-bond donors (Lipinski definition) is 3. The van der Waals surface area contributed by atoms with Crippen molar-refractivity contribution in [2.45, 2.75) is 52.7 Å². The van der Waals surface area contributed by atoms with Crippen molar-refractivity contribution >= 4 is 5.91 Å². The second-order valence-corrected chi connectivity index (χ2v) is 6.04. The molecule has 1 aliphatic heterocycles. The highest BCUT2D eigenvalue weighted by Gasteiger charge is 2.36. The smallest absolute Gasteiger partial charge is 0.237 e. The average Bonchev–Trinajstić information content (AvgIpc) is 2.24. The van der Waals surface area contributed by atoms with Crippen molar-refractivity contribution in [1.29, 1.82) is 0 Å². The summed E-state index contributed by atoms with van der Waals surface area (Å²) in [5.74, 6) is 0.178. The molecule has 1 rings (SSSR count). The van der Waals surface area contributed by atoms with Crippen LogP contribution in [0, 0.1) is 11.3 Å². The minimum Gasteiger partial charge on any atom is -0.391 e. The van der Waals surface area contributed by atoms with Gasteiger partial charge in [-0.15, -0.1) is 0 Å². The molecular formula is C13H26N2O2. The van der Waals surface area contributed by atoms with E-state index in [1.54, 1.807) is 0 Å². The van der Waals surface area contributed by atoms with Gasteiger partial charge < -0.3 is 15.7 Å². The Hall–Kier alpha value is -0.610. The second-order valence-electron chi connectivity index (χ2n) is 6.04. The van der Waals surface area contributed by atoms with Crippen molar-refractivity contribution < 1.29 is 9.90 Å². The summed E-state index contributed by atoms with van der Waals surface area (Å²) in [5.41, 5.74) is -0.00881. The molecule has 0 aliphatic carbocycles. The molecule has 4 heteroatoms. The van der Waals surface area contributed by atoms with Gasteiger partial charge >= 0.3 is 0 Å². The number of aliphatic hydroxyl groups is 1. The van der Waals surface area contributed by atoms with Gasteiger partial charge in [0.2, 0.25) is 5.91 Å². The number of hydrogen-bond acceptors (Lipinski definition) is 3. The summed E-state index contributed by atoms with van der Waals surface area (Å²) in [6.45, 7) is 9.35. The van der Waals surface area contributed by atoms with Crippen LogP contribution in [-0.4, -0.2) is 36.2 Å². The maximum atomic E-state index is 12.1. The number of nitrogens with one attached hydrogen (secondary N) is 2. The summed E-state index contributed by atoms with van der Waals surface area (Å²) in [7, 11) is 0. The van der Waals surface area contributed by atoms with Gasteiger partial charge in [-0.25, -0.2) is 0 Å². The molecule has 1 aliphatic rings. The van der Waals surface area contributed by atoms with E-state index in [1.165, 1.54) is 0 Å².